The smallest absolute Gasteiger partial charge is 0.122 e. The van der Waals surface area contributed by atoms with Gasteiger partial charge >= 0.3 is 0 Å². The van der Waals surface area contributed by atoms with Crippen molar-refractivity contribution in [1.82, 2.24) is 0 Å². The maximum absolute atomic E-state index is 9.30. The molecule has 0 unspecified atom stereocenters. The van der Waals surface area contributed by atoms with Gasteiger partial charge in [0.15, 0.2) is 0 Å². The van der Waals surface area contributed by atoms with Crippen molar-refractivity contribution in [3.63, 3.8) is 0 Å². The van der Waals surface area contributed by atoms with Gasteiger partial charge in [0, 0.05) is 12.0 Å². The normalized spacial score (nSPS) is 17.4. The summed E-state index contributed by atoms with van der Waals surface area (Å²) in [6, 6.07) is 2.09. The quantitative estimate of drug-likeness (QED) is 0.891. The maximum Gasteiger partial charge on any atom is 0.122 e. The zero-order chi connectivity index (χ0) is 13.3. The van der Waals surface area contributed by atoms with Crippen LogP contribution in [0.4, 0.5) is 0 Å². The first-order valence-electron chi connectivity index (χ1n) is 6.39. The lowest BCUT2D eigenvalue weighted by Crippen LogP contribution is -2.48. The van der Waals surface area contributed by atoms with Crippen LogP contribution in [0.1, 0.15) is 28.7 Å². The summed E-state index contributed by atoms with van der Waals surface area (Å²) in [7, 11) is 1.71. The van der Waals surface area contributed by atoms with Crippen molar-refractivity contribution < 1.29 is 14.6 Å². The molecule has 1 aromatic carbocycles. The molecule has 100 valence electrons. The summed E-state index contributed by atoms with van der Waals surface area (Å²) in [5, 5.41) is 9.30. The van der Waals surface area contributed by atoms with Crippen LogP contribution >= 0.6 is 0 Å². The Morgan fingerprint density at radius 3 is 2.39 bits per heavy atom. The molecule has 0 amide bonds. The average Bonchev–Trinajstić information content (AvgIpc) is 2.30. The Kier molecular flexibility index (Phi) is 3.64. The first kappa shape index (κ1) is 13.4. The summed E-state index contributed by atoms with van der Waals surface area (Å²) in [5.74, 6) is 0.938. The summed E-state index contributed by atoms with van der Waals surface area (Å²) < 4.78 is 10.8. The Bertz CT molecular complexity index is 448. The Morgan fingerprint density at radius 1 is 1.28 bits per heavy atom. The molecule has 1 aromatic rings. The first-order chi connectivity index (χ1) is 8.55. The molecule has 18 heavy (non-hydrogen) atoms. The predicted molar refractivity (Wildman–Crippen MR) is 71.4 cm³/mol. The van der Waals surface area contributed by atoms with Crippen molar-refractivity contribution in [2.75, 3.05) is 26.9 Å². The molecule has 0 aromatic heterocycles. The molecule has 1 fully saturated rings. The van der Waals surface area contributed by atoms with E-state index in [4.69, 9.17) is 9.47 Å². The average molecular weight is 250 g/mol. The predicted octanol–water partition coefficient (Wildman–Crippen LogP) is 2.27. The van der Waals surface area contributed by atoms with Gasteiger partial charge in [-0.1, -0.05) is 0 Å². The summed E-state index contributed by atoms with van der Waals surface area (Å²) in [5.41, 5.74) is 5.01. The van der Waals surface area contributed by atoms with E-state index in [0.29, 0.717) is 13.2 Å². The standard InChI is InChI=1S/C15H22O3/c1-10-7-13(17-4)11(2)12(3)14(10)15(5-6-16)8-18-9-15/h7,16H,5-6,8-9H2,1-4H3. The van der Waals surface area contributed by atoms with Crippen LogP contribution in [-0.2, 0) is 10.2 Å². The zero-order valence-electron chi connectivity index (χ0n) is 11.7. The second kappa shape index (κ2) is 4.90. The molecule has 0 aliphatic carbocycles. The van der Waals surface area contributed by atoms with E-state index in [1.54, 1.807) is 7.11 Å². The number of rotatable bonds is 4. The minimum atomic E-state index is -0.0000515. The second-order valence-corrected chi connectivity index (χ2v) is 5.27. The highest BCUT2D eigenvalue weighted by Crippen LogP contribution is 2.42. The van der Waals surface area contributed by atoms with Gasteiger partial charge in [0.1, 0.15) is 5.75 Å². The van der Waals surface area contributed by atoms with Crippen molar-refractivity contribution in [3.8, 4) is 5.75 Å². The van der Waals surface area contributed by atoms with E-state index >= 15 is 0 Å². The van der Waals surface area contributed by atoms with Crippen LogP contribution in [-0.4, -0.2) is 32.0 Å². The van der Waals surface area contributed by atoms with E-state index in [0.717, 1.165) is 12.2 Å². The van der Waals surface area contributed by atoms with Crippen molar-refractivity contribution in [3.05, 3.63) is 28.3 Å². The Balaban J connectivity index is 2.54. The number of aliphatic hydroxyl groups excluding tert-OH is 1. The molecule has 0 atom stereocenters. The molecular weight excluding hydrogens is 228 g/mol. The molecule has 3 heteroatoms. The van der Waals surface area contributed by atoms with Crippen LogP contribution in [0.3, 0.4) is 0 Å². The Hall–Kier alpha value is -1.06. The number of methoxy groups -OCH3 is 1. The number of hydrogen-bond acceptors (Lipinski definition) is 3. The molecular formula is C15H22O3. The molecule has 0 bridgehead atoms. The molecule has 1 aliphatic rings. The topological polar surface area (TPSA) is 38.7 Å². The SMILES string of the molecule is COc1cc(C)c(C2(CCO)COC2)c(C)c1C. The highest BCUT2D eigenvalue weighted by molar-refractivity contribution is 5.52. The van der Waals surface area contributed by atoms with Gasteiger partial charge in [-0.25, -0.2) is 0 Å². The summed E-state index contributed by atoms with van der Waals surface area (Å²) in [6.45, 7) is 7.96. The van der Waals surface area contributed by atoms with Gasteiger partial charge in [-0.3, -0.25) is 0 Å². The Morgan fingerprint density at radius 2 is 1.94 bits per heavy atom. The van der Waals surface area contributed by atoms with Crippen LogP contribution in [0.15, 0.2) is 6.07 Å². The van der Waals surface area contributed by atoms with Gasteiger partial charge in [0.25, 0.3) is 0 Å². The lowest BCUT2D eigenvalue weighted by Gasteiger charge is -2.44. The minimum absolute atomic E-state index is 0.0000515. The van der Waals surface area contributed by atoms with E-state index in [2.05, 4.69) is 26.8 Å². The minimum Gasteiger partial charge on any atom is -0.496 e. The summed E-state index contributed by atoms with van der Waals surface area (Å²) >= 11 is 0. The third-order valence-electron chi connectivity index (χ3n) is 4.15. The van der Waals surface area contributed by atoms with Crippen molar-refractivity contribution in [2.24, 2.45) is 0 Å². The number of aryl methyl sites for hydroxylation is 1. The van der Waals surface area contributed by atoms with E-state index in [9.17, 15) is 5.11 Å². The van der Waals surface area contributed by atoms with E-state index in [1.807, 2.05) is 0 Å². The molecule has 3 nitrogen and oxygen atoms in total. The fraction of sp³-hybridized carbons (Fsp3) is 0.600. The van der Waals surface area contributed by atoms with Gasteiger partial charge in [-0.15, -0.1) is 0 Å². The largest absolute Gasteiger partial charge is 0.496 e. The van der Waals surface area contributed by atoms with E-state index < -0.39 is 0 Å². The van der Waals surface area contributed by atoms with Crippen molar-refractivity contribution >= 4 is 0 Å². The molecule has 0 spiro atoms. The molecule has 2 rings (SSSR count). The second-order valence-electron chi connectivity index (χ2n) is 5.27. The number of aliphatic hydroxyl groups is 1. The van der Waals surface area contributed by atoms with Gasteiger partial charge in [-0.05, 0) is 55.5 Å². The number of hydrogen-bond donors (Lipinski definition) is 1. The number of benzene rings is 1. The molecule has 1 aliphatic heterocycles. The summed E-state index contributed by atoms with van der Waals surface area (Å²) in [4.78, 5) is 0. The third-order valence-corrected chi connectivity index (χ3v) is 4.15. The third kappa shape index (κ3) is 1.91. The fourth-order valence-corrected chi connectivity index (χ4v) is 3.05. The van der Waals surface area contributed by atoms with Gasteiger partial charge in [-0.2, -0.15) is 0 Å². The molecule has 0 saturated carbocycles. The van der Waals surface area contributed by atoms with Crippen molar-refractivity contribution in [2.45, 2.75) is 32.6 Å². The monoisotopic (exact) mass is 250 g/mol. The molecule has 1 heterocycles. The lowest BCUT2D eigenvalue weighted by molar-refractivity contribution is -0.0707. The van der Waals surface area contributed by atoms with Gasteiger partial charge in [0.2, 0.25) is 0 Å². The van der Waals surface area contributed by atoms with Crippen LogP contribution in [0, 0.1) is 20.8 Å². The highest BCUT2D eigenvalue weighted by Gasteiger charge is 2.42. The van der Waals surface area contributed by atoms with Crippen LogP contribution in [0.25, 0.3) is 0 Å². The van der Waals surface area contributed by atoms with Gasteiger partial charge in [0.05, 0.1) is 20.3 Å². The van der Waals surface area contributed by atoms with Crippen molar-refractivity contribution in [1.29, 1.82) is 0 Å². The van der Waals surface area contributed by atoms with Crippen LogP contribution in [0.2, 0.25) is 0 Å². The molecule has 0 radical (unpaired) electrons. The lowest BCUT2D eigenvalue weighted by atomic mass is 9.71. The Labute approximate surface area is 109 Å². The van der Waals surface area contributed by atoms with E-state index in [1.165, 1.54) is 22.3 Å². The van der Waals surface area contributed by atoms with Crippen LogP contribution in [0.5, 0.6) is 5.75 Å². The fourth-order valence-electron chi connectivity index (χ4n) is 3.05. The highest BCUT2D eigenvalue weighted by atomic mass is 16.5. The van der Waals surface area contributed by atoms with E-state index in [-0.39, 0.29) is 12.0 Å². The van der Waals surface area contributed by atoms with Crippen LogP contribution < -0.4 is 4.74 Å². The molecule has 1 saturated heterocycles. The van der Waals surface area contributed by atoms with Gasteiger partial charge < -0.3 is 14.6 Å². The summed E-state index contributed by atoms with van der Waals surface area (Å²) in [6.07, 6.45) is 0.764. The first-order valence-corrected chi connectivity index (χ1v) is 6.39. The zero-order valence-corrected chi connectivity index (χ0v) is 11.7. The number of ether oxygens (including phenoxy) is 2. The maximum atomic E-state index is 9.30. The molecule has 1 N–H and O–H groups in total.